The summed E-state index contributed by atoms with van der Waals surface area (Å²) in [5.74, 6) is 13.4. The van der Waals surface area contributed by atoms with Crippen LogP contribution in [0, 0.1) is 23.7 Å². The Labute approximate surface area is 349 Å². The van der Waals surface area contributed by atoms with E-state index in [1.54, 1.807) is 36.4 Å². The van der Waals surface area contributed by atoms with Gasteiger partial charge >= 0.3 is 6.09 Å². The molecule has 3 saturated heterocycles. The number of amides is 4. The number of likely N-dealkylation sites (tertiary alicyclic amines) is 2. The third-order valence-corrected chi connectivity index (χ3v) is 9.45. The maximum atomic E-state index is 12.8. The van der Waals surface area contributed by atoms with Crippen molar-refractivity contribution in [3.8, 4) is 23.7 Å². The van der Waals surface area contributed by atoms with E-state index in [0.29, 0.717) is 43.3 Å². The average Bonchev–Trinajstić information content (AvgIpc) is 4.09. The average molecular weight is 815 g/mol. The fourth-order valence-corrected chi connectivity index (χ4v) is 7.17. The number of hydrogen-bond acceptors (Lipinski definition) is 10. The molecule has 320 valence electrons. The van der Waals surface area contributed by atoms with E-state index in [4.69, 9.17) is 4.74 Å². The van der Waals surface area contributed by atoms with Crippen molar-refractivity contribution in [3.63, 3.8) is 0 Å². The van der Waals surface area contributed by atoms with Gasteiger partial charge in [0.25, 0.3) is 0 Å². The molecule has 0 spiro atoms. The molecule has 4 N–H and O–H groups in total. The van der Waals surface area contributed by atoms with E-state index in [0.717, 1.165) is 60.8 Å². The molecule has 0 saturated carbocycles. The van der Waals surface area contributed by atoms with Gasteiger partial charge in [0.2, 0.25) is 18.2 Å². The molecule has 6 rings (SSSR count). The van der Waals surface area contributed by atoms with Crippen LogP contribution in [-0.2, 0) is 28.6 Å². The largest absolute Gasteiger partial charge is 0.453 e. The summed E-state index contributed by atoms with van der Waals surface area (Å²) < 4.78 is 15.1. The lowest BCUT2D eigenvalue weighted by Crippen LogP contribution is -2.44. The zero-order chi connectivity index (χ0) is 43.2. The Balaban J connectivity index is 0.000000948. The molecule has 0 aliphatic carbocycles. The molecule has 15 heteroatoms. The Morgan fingerprint density at radius 1 is 0.915 bits per heavy atom. The van der Waals surface area contributed by atoms with E-state index in [-0.39, 0.29) is 49.2 Å². The SMILES string of the molecule is C=N/C=C(/C#Cc1ccc(C#Cc2cnc([C@H]3CCCN3C(=O)CNC(=O)OC)[nH]2)c2c1C1CCC2O1)NCC1CCCN1C(=O)CNC=O.CCC.CCC.COC. The second-order valence-electron chi connectivity index (χ2n) is 14.3. The van der Waals surface area contributed by atoms with Crippen LogP contribution in [0.2, 0.25) is 0 Å². The van der Waals surface area contributed by atoms with Crippen LogP contribution >= 0.6 is 0 Å². The molecule has 0 radical (unpaired) electrons. The number of nitrogens with one attached hydrogen (secondary N) is 4. The van der Waals surface area contributed by atoms with Crippen LogP contribution in [0.15, 0.2) is 35.2 Å². The molecular weight excluding hydrogens is 753 g/mol. The van der Waals surface area contributed by atoms with Gasteiger partial charge in [-0.1, -0.05) is 52.4 Å². The third-order valence-electron chi connectivity index (χ3n) is 9.45. The van der Waals surface area contributed by atoms with Gasteiger partial charge in [0.05, 0.1) is 44.3 Å². The normalized spacial score (nSPS) is 19.3. The van der Waals surface area contributed by atoms with E-state index >= 15 is 0 Å². The Kier molecular flexibility index (Phi) is 20.8. The Morgan fingerprint density at radius 2 is 1.53 bits per heavy atom. The lowest BCUT2D eigenvalue weighted by molar-refractivity contribution is -0.132. The van der Waals surface area contributed by atoms with Crippen molar-refractivity contribution in [2.75, 3.05) is 54.1 Å². The van der Waals surface area contributed by atoms with Gasteiger partial charge in [-0.05, 0) is 69.2 Å². The molecule has 4 amide bonds. The first-order valence-electron chi connectivity index (χ1n) is 20.4. The van der Waals surface area contributed by atoms with Crippen LogP contribution in [-0.4, -0.2) is 111 Å². The second-order valence-corrected chi connectivity index (χ2v) is 14.3. The number of allylic oxidation sites excluding steroid dienone is 1. The van der Waals surface area contributed by atoms with Crippen molar-refractivity contribution in [1.29, 1.82) is 0 Å². The minimum Gasteiger partial charge on any atom is -0.453 e. The van der Waals surface area contributed by atoms with Crippen molar-refractivity contribution in [3.05, 3.63) is 64.0 Å². The van der Waals surface area contributed by atoms with Crippen molar-refractivity contribution in [1.82, 2.24) is 35.7 Å². The van der Waals surface area contributed by atoms with Crippen LogP contribution in [0.5, 0.6) is 0 Å². The molecule has 4 aliphatic heterocycles. The molecule has 2 aromatic rings. The summed E-state index contributed by atoms with van der Waals surface area (Å²) >= 11 is 0. The molecule has 4 atom stereocenters. The Bertz CT molecular complexity index is 1870. The fraction of sp³-hybridized carbons (Fsp3) is 0.545. The first kappa shape index (κ1) is 47.7. The number of imidazole rings is 1. The van der Waals surface area contributed by atoms with Gasteiger partial charge in [0.1, 0.15) is 23.8 Å². The summed E-state index contributed by atoms with van der Waals surface area (Å²) in [7, 11) is 4.50. The standard InChI is InChI=1S/C36H40N8O6.2C3H8.C2H6O/c1-37-17-25(39-19-27-5-3-15-43(27)31(46)20-38-22-45)11-9-23-7-8-24(34-30-14-13-29(50-30)33(23)34)10-12-26-18-40-35(42-26)28-6-4-16-44(28)32(47)21-41-36(48)49-2;3*1-3-2/h7-8,17-18,22,27-30,39H,1,3-6,13-16,19-21H2,2H3,(H,38,45)(H,40,42)(H,41,48);2*3H2,1-2H3;1-2H3/b25-17-;;;/t27?,28-,29?,30?;;;/m1.../s1. The number of ether oxygens (including phenoxy) is 3. The number of alkyl carbamates (subject to hydrolysis) is 1. The maximum Gasteiger partial charge on any atom is 0.407 e. The van der Waals surface area contributed by atoms with Gasteiger partial charge in [-0.25, -0.2) is 9.78 Å². The predicted molar refractivity (Wildman–Crippen MR) is 227 cm³/mol. The number of nitrogens with zero attached hydrogens (tertiary/aromatic N) is 4. The zero-order valence-electron chi connectivity index (χ0n) is 35.7. The smallest absolute Gasteiger partial charge is 0.407 e. The first-order chi connectivity index (χ1) is 28.6. The fourth-order valence-electron chi connectivity index (χ4n) is 7.17. The molecule has 1 aromatic carbocycles. The number of hydrogen-bond donors (Lipinski definition) is 4. The van der Waals surface area contributed by atoms with Crippen molar-refractivity contribution < 1.29 is 33.4 Å². The summed E-state index contributed by atoms with van der Waals surface area (Å²) in [6.07, 6.45) is 10.7. The van der Waals surface area contributed by atoms with Gasteiger partial charge in [-0.15, -0.1) is 0 Å². The minimum atomic E-state index is -0.651. The van der Waals surface area contributed by atoms with Gasteiger partial charge in [0.15, 0.2) is 0 Å². The summed E-state index contributed by atoms with van der Waals surface area (Å²) in [6, 6.07) is 3.71. The lowest BCUT2D eigenvalue weighted by Gasteiger charge is -2.25. The summed E-state index contributed by atoms with van der Waals surface area (Å²) in [5.41, 5.74) is 5.09. The molecule has 3 fully saturated rings. The predicted octanol–water partition coefficient (Wildman–Crippen LogP) is 5.05. The number of carbonyl (C=O) groups excluding carboxylic acids is 4. The number of H-pyrrole nitrogens is 1. The summed E-state index contributed by atoms with van der Waals surface area (Å²) in [6.45, 7) is 13.7. The number of aromatic nitrogens is 2. The lowest BCUT2D eigenvalue weighted by atomic mass is 9.85. The molecule has 4 aliphatic rings. The highest BCUT2D eigenvalue weighted by Crippen LogP contribution is 2.52. The van der Waals surface area contributed by atoms with Crippen LogP contribution in [0.1, 0.15) is 131 Å². The second kappa shape index (κ2) is 25.7. The number of aliphatic imine (C=N–C) groups is 1. The number of methoxy groups -OCH3 is 2. The van der Waals surface area contributed by atoms with Crippen LogP contribution in [0.4, 0.5) is 4.79 Å². The van der Waals surface area contributed by atoms with Crippen molar-refractivity contribution in [2.24, 2.45) is 4.99 Å². The number of benzene rings is 1. The van der Waals surface area contributed by atoms with E-state index < -0.39 is 6.09 Å². The monoisotopic (exact) mass is 814 g/mol. The van der Waals surface area contributed by atoms with Crippen LogP contribution < -0.4 is 16.0 Å². The van der Waals surface area contributed by atoms with E-state index in [9.17, 15) is 19.2 Å². The summed E-state index contributed by atoms with van der Waals surface area (Å²) in [4.78, 5) is 62.6. The molecule has 3 unspecified atom stereocenters. The highest BCUT2D eigenvalue weighted by molar-refractivity contribution is 5.83. The topological polar surface area (TPSA) is 180 Å². The van der Waals surface area contributed by atoms with Crippen LogP contribution in [0.25, 0.3) is 0 Å². The minimum absolute atomic E-state index is 0.0157. The van der Waals surface area contributed by atoms with E-state index in [1.165, 1.54) is 20.0 Å². The Hall–Kier alpha value is -5.64. The molecule has 5 heterocycles. The molecule has 59 heavy (non-hydrogen) atoms. The number of rotatable bonds is 10. The number of carbonyl (C=O) groups is 4. The third kappa shape index (κ3) is 13.7. The van der Waals surface area contributed by atoms with E-state index in [1.807, 2.05) is 12.1 Å². The molecular formula is C44H62N8O7. The highest BCUT2D eigenvalue weighted by Gasteiger charge is 2.41. The number of aromatic amines is 1. The van der Waals surface area contributed by atoms with Gasteiger partial charge in [-0.2, -0.15) is 0 Å². The zero-order valence-corrected chi connectivity index (χ0v) is 35.7. The van der Waals surface area contributed by atoms with Crippen molar-refractivity contribution >= 4 is 31.0 Å². The highest BCUT2D eigenvalue weighted by atomic mass is 16.5. The van der Waals surface area contributed by atoms with E-state index in [2.05, 4.69) is 98.5 Å². The van der Waals surface area contributed by atoms with Gasteiger partial charge < -0.3 is 44.9 Å². The number of fused-ring (bicyclic) bond motifs is 5. The molecule has 1 aromatic heterocycles. The molecule has 2 bridgehead atoms. The van der Waals surface area contributed by atoms with Crippen LogP contribution in [0.3, 0.4) is 0 Å². The summed E-state index contributed by atoms with van der Waals surface area (Å²) in [5, 5.41) is 8.23. The van der Waals surface area contributed by atoms with Crippen molar-refractivity contribution in [2.45, 2.75) is 103 Å². The van der Waals surface area contributed by atoms with Gasteiger partial charge in [0, 0.05) is 62.1 Å². The molecule has 15 nitrogen and oxygen atoms in total. The quantitative estimate of drug-likeness (QED) is 0.145. The Morgan fingerprint density at radius 3 is 2.15 bits per heavy atom. The maximum absolute atomic E-state index is 12.8. The first-order valence-corrected chi connectivity index (χ1v) is 20.4. The van der Waals surface area contributed by atoms with Gasteiger partial charge in [-0.3, -0.25) is 19.4 Å².